The maximum absolute atomic E-state index is 12.2. The zero-order chi connectivity index (χ0) is 17.6. The van der Waals surface area contributed by atoms with E-state index in [1.165, 1.54) is 16.8 Å². The first kappa shape index (κ1) is 19.4. The molecule has 1 rings (SSSR count). The summed E-state index contributed by atoms with van der Waals surface area (Å²) in [5.74, 6) is -2.10. The van der Waals surface area contributed by atoms with Gasteiger partial charge in [0.05, 0.1) is 18.2 Å². The molecule has 23 heavy (non-hydrogen) atoms. The van der Waals surface area contributed by atoms with Crippen molar-refractivity contribution < 1.29 is 27.9 Å². The lowest BCUT2D eigenvalue weighted by Gasteiger charge is -2.32. The number of carbonyl (C=O) groups is 3. The second-order valence-corrected chi connectivity index (χ2v) is 8.26. The highest BCUT2D eigenvalue weighted by atomic mass is 32.2. The van der Waals surface area contributed by atoms with Gasteiger partial charge >= 0.3 is 5.97 Å². The number of aliphatic carboxylic acids is 1. The van der Waals surface area contributed by atoms with Gasteiger partial charge in [0, 0.05) is 32.8 Å². The number of sulfone groups is 1. The molecule has 8 nitrogen and oxygen atoms in total. The Morgan fingerprint density at radius 3 is 2.52 bits per heavy atom. The molecule has 1 N–H and O–H groups in total. The van der Waals surface area contributed by atoms with E-state index < -0.39 is 21.7 Å². The first-order valence-electron chi connectivity index (χ1n) is 7.52. The minimum absolute atomic E-state index is 0.0626. The third kappa shape index (κ3) is 6.98. The number of carbonyl (C=O) groups excluding carboxylic acids is 2. The first-order valence-corrected chi connectivity index (χ1v) is 9.58. The number of likely N-dealkylation sites (N-methyl/N-ethyl adjacent to an activating group) is 1. The summed E-state index contributed by atoms with van der Waals surface area (Å²) < 4.78 is 22.0. The molecule has 1 fully saturated rings. The van der Waals surface area contributed by atoms with Crippen molar-refractivity contribution >= 4 is 27.6 Å². The average Bonchev–Trinajstić information content (AvgIpc) is 2.45. The molecular formula is C14H24N2O6S. The van der Waals surface area contributed by atoms with E-state index in [1.807, 2.05) is 0 Å². The number of hydrogen-bond donors (Lipinski definition) is 1. The van der Waals surface area contributed by atoms with Crippen LogP contribution >= 0.6 is 0 Å². The molecule has 0 saturated carbocycles. The van der Waals surface area contributed by atoms with Gasteiger partial charge in [-0.15, -0.1) is 0 Å². The second kappa shape index (κ2) is 8.28. The summed E-state index contributed by atoms with van der Waals surface area (Å²) in [5, 5.41) is 9.02. The average molecular weight is 348 g/mol. The van der Waals surface area contributed by atoms with Crippen molar-refractivity contribution in [2.45, 2.75) is 25.7 Å². The zero-order valence-electron chi connectivity index (χ0n) is 13.5. The number of amides is 2. The maximum atomic E-state index is 12.2. The molecule has 0 bridgehead atoms. The van der Waals surface area contributed by atoms with Gasteiger partial charge in [-0.3, -0.25) is 14.4 Å². The minimum Gasteiger partial charge on any atom is -0.481 e. The highest BCUT2D eigenvalue weighted by Gasteiger charge is 2.28. The van der Waals surface area contributed by atoms with E-state index in [4.69, 9.17) is 5.11 Å². The number of likely N-dealkylation sites (tertiary alicyclic amines) is 1. The van der Waals surface area contributed by atoms with Crippen molar-refractivity contribution in [3.8, 4) is 0 Å². The van der Waals surface area contributed by atoms with Gasteiger partial charge in [-0.05, 0) is 19.3 Å². The number of rotatable bonds is 7. The van der Waals surface area contributed by atoms with Crippen LogP contribution in [0.2, 0.25) is 0 Å². The fraction of sp³-hybridized carbons (Fsp3) is 0.786. The van der Waals surface area contributed by atoms with Crippen LogP contribution in [0.4, 0.5) is 0 Å². The van der Waals surface area contributed by atoms with E-state index in [1.54, 1.807) is 0 Å². The lowest BCUT2D eigenvalue weighted by atomic mass is 9.98. The molecule has 0 aromatic carbocycles. The smallest absolute Gasteiger partial charge is 0.308 e. The Hall–Kier alpha value is -1.64. The molecule has 1 unspecified atom stereocenters. The summed E-state index contributed by atoms with van der Waals surface area (Å²) in [6, 6.07) is 0. The van der Waals surface area contributed by atoms with Crippen LogP contribution in [0.1, 0.15) is 25.7 Å². The number of carboxylic acids is 1. The van der Waals surface area contributed by atoms with Gasteiger partial charge in [-0.25, -0.2) is 8.42 Å². The van der Waals surface area contributed by atoms with Crippen molar-refractivity contribution in [3.05, 3.63) is 0 Å². The molecule has 1 aliphatic rings. The normalized spacial score (nSPS) is 18.5. The Labute approximate surface area is 136 Å². The van der Waals surface area contributed by atoms with Crippen LogP contribution in [-0.4, -0.2) is 79.8 Å². The predicted octanol–water partition coefficient (Wildman–Crippen LogP) is -0.407. The Morgan fingerprint density at radius 1 is 1.30 bits per heavy atom. The van der Waals surface area contributed by atoms with E-state index in [0.29, 0.717) is 19.4 Å². The van der Waals surface area contributed by atoms with Crippen LogP contribution in [0.15, 0.2) is 0 Å². The Kier molecular flexibility index (Phi) is 6.99. The van der Waals surface area contributed by atoms with Gasteiger partial charge in [-0.2, -0.15) is 0 Å². The number of piperidine rings is 1. The molecule has 1 atom stereocenters. The van der Waals surface area contributed by atoms with Crippen LogP contribution in [-0.2, 0) is 24.2 Å². The minimum atomic E-state index is -3.10. The van der Waals surface area contributed by atoms with E-state index in [2.05, 4.69) is 0 Å². The van der Waals surface area contributed by atoms with Gasteiger partial charge in [0.25, 0.3) is 0 Å². The van der Waals surface area contributed by atoms with E-state index >= 15 is 0 Å². The van der Waals surface area contributed by atoms with Gasteiger partial charge < -0.3 is 14.9 Å². The molecule has 0 radical (unpaired) electrons. The molecule has 0 aromatic heterocycles. The summed E-state index contributed by atoms with van der Waals surface area (Å²) in [6.07, 6.45) is 2.59. The van der Waals surface area contributed by atoms with E-state index in [0.717, 1.165) is 6.26 Å². The van der Waals surface area contributed by atoms with Crippen LogP contribution in [0, 0.1) is 5.92 Å². The highest BCUT2D eigenvalue weighted by molar-refractivity contribution is 7.90. The summed E-state index contributed by atoms with van der Waals surface area (Å²) in [4.78, 5) is 37.8. The van der Waals surface area contributed by atoms with E-state index in [-0.39, 0.29) is 43.5 Å². The SMILES string of the molecule is CN(CC(=O)N1CCCC(C(=O)O)C1)C(=O)CCCS(C)(=O)=O. The molecule has 132 valence electrons. The molecule has 0 spiro atoms. The fourth-order valence-corrected chi connectivity index (χ4v) is 3.14. The molecule has 2 amide bonds. The Morgan fingerprint density at radius 2 is 1.96 bits per heavy atom. The monoisotopic (exact) mass is 348 g/mol. The predicted molar refractivity (Wildman–Crippen MR) is 83.5 cm³/mol. The van der Waals surface area contributed by atoms with E-state index in [9.17, 15) is 22.8 Å². The third-order valence-electron chi connectivity index (χ3n) is 3.83. The van der Waals surface area contributed by atoms with Crippen molar-refractivity contribution in [3.63, 3.8) is 0 Å². The topological polar surface area (TPSA) is 112 Å². The standard InChI is InChI=1S/C14H24N2O6S/c1-15(12(17)6-4-8-23(2,21)22)10-13(18)16-7-3-5-11(9-16)14(19)20/h11H,3-10H2,1-2H3,(H,19,20). The number of nitrogens with zero attached hydrogens (tertiary/aromatic N) is 2. The van der Waals surface area contributed by atoms with Crippen molar-refractivity contribution in [1.82, 2.24) is 9.80 Å². The molecule has 1 aliphatic heterocycles. The van der Waals surface area contributed by atoms with Crippen LogP contribution < -0.4 is 0 Å². The molecular weight excluding hydrogens is 324 g/mol. The zero-order valence-corrected chi connectivity index (χ0v) is 14.3. The van der Waals surface area contributed by atoms with Crippen LogP contribution in [0.5, 0.6) is 0 Å². The number of carboxylic acid groups (broad SMARTS) is 1. The quantitative estimate of drug-likeness (QED) is 0.669. The fourth-order valence-electron chi connectivity index (χ4n) is 2.47. The maximum Gasteiger partial charge on any atom is 0.308 e. The van der Waals surface area contributed by atoms with Crippen LogP contribution in [0.3, 0.4) is 0 Å². The lowest BCUT2D eigenvalue weighted by molar-refractivity contribution is -0.147. The summed E-state index contributed by atoms with van der Waals surface area (Å²) in [5.41, 5.74) is 0. The first-order chi connectivity index (χ1) is 10.6. The molecule has 9 heteroatoms. The molecule has 0 aromatic rings. The molecule has 1 heterocycles. The summed E-state index contributed by atoms with van der Waals surface area (Å²) >= 11 is 0. The van der Waals surface area contributed by atoms with Crippen molar-refractivity contribution in [1.29, 1.82) is 0 Å². The lowest BCUT2D eigenvalue weighted by Crippen LogP contribution is -2.46. The van der Waals surface area contributed by atoms with Crippen molar-refractivity contribution in [2.24, 2.45) is 5.92 Å². The van der Waals surface area contributed by atoms with Crippen molar-refractivity contribution in [2.75, 3.05) is 38.7 Å². The third-order valence-corrected chi connectivity index (χ3v) is 4.86. The highest BCUT2D eigenvalue weighted by Crippen LogP contribution is 2.16. The van der Waals surface area contributed by atoms with Gasteiger partial charge in [-0.1, -0.05) is 0 Å². The summed E-state index contributed by atoms with van der Waals surface area (Å²) in [6.45, 7) is 0.549. The molecule has 0 aliphatic carbocycles. The summed E-state index contributed by atoms with van der Waals surface area (Å²) in [7, 11) is -1.62. The Balaban J connectivity index is 2.43. The largest absolute Gasteiger partial charge is 0.481 e. The Bertz CT molecular complexity index is 560. The molecule has 1 saturated heterocycles. The van der Waals surface area contributed by atoms with Gasteiger partial charge in [0.2, 0.25) is 11.8 Å². The van der Waals surface area contributed by atoms with Crippen LogP contribution in [0.25, 0.3) is 0 Å². The number of hydrogen-bond acceptors (Lipinski definition) is 5. The van der Waals surface area contributed by atoms with Gasteiger partial charge in [0.1, 0.15) is 9.84 Å². The second-order valence-electron chi connectivity index (χ2n) is 6.00. The van der Waals surface area contributed by atoms with Gasteiger partial charge in [0.15, 0.2) is 0 Å².